The van der Waals surface area contributed by atoms with Crippen LogP contribution in [0.2, 0.25) is 5.02 Å². The number of benzene rings is 1. The number of nitrogens with one attached hydrogen (secondary N) is 1. The smallest absolute Gasteiger partial charge is 0.172 e. The van der Waals surface area contributed by atoms with E-state index in [0.29, 0.717) is 10.9 Å². The van der Waals surface area contributed by atoms with E-state index < -0.39 is 0 Å². The van der Waals surface area contributed by atoms with Gasteiger partial charge in [-0.15, -0.1) is 22.7 Å². The first-order valence-corrected chi connectivity index (χ1v) is 8.75. The average molecular weight is 344 g/mol. The van der Waals surface area contributed by atoms with Gasteiger partial charge in [0.1, 0.15) is 5.84 Å². The van der Waals surface area contributed by atoms with Crippen LogP contribution < -0.4 is 5.32 Å². The van der Waals surface area contributed by atoms with Crippen molar-refractivity contribution in [3.05, 3.63) is 68.0 Å². The van der Waals surface area contributed by atoms with Gasteiger partial charge in [-0.05, 0) is 41.1 Å². The second-order valence-electron chi connectivity index (χ2n) is 4.64. The maximum absolute atomic E-state index is 6.11. The highest BCUT2D eigenvalue weighted by Gasteiger charge is 2.16. The molecule has 4 rings (SSSR count). The van der Waals surface area contributed by atoms with Crippen LogP contribution >= 0.6 is 34.3 Å². The van der Waals surface area contributed by atoms with E-state index >= 15 is 0 Å². The van der Waals surface area contributed by atoms with Gasteiger partial charge in [0.25, 0.3) is 0 Å². The molecule has 0 atom stereocenters. The van der Waals surface area contributed by atoms with Crippen molar-refractivity contribution in [3.63, 3.8) is 0 Å². The lowest BCUT2D eigenvalue weighted by molar-refractivity contribution is 1.49. The normalized spacial score (nSPS) is 13.7. The molecule has 6 heteroatoms. The number of nitrogens with zero attached hydrogens (tertiary/aromatic N) is 2. The number of hydrogen-bond acceptors (Lipinski definition) is 5. The minimum Gasteiger partial charge on any atom is -0.337 e. The number of halogens is 1. The molecule has 0 amide bonds. The second kappa shape index (κ2) is 5.68. The van der Waals surface area contributed by atoms with E-state index in [1.807, 2.05) is 53.2 Å². The van der Waals surface area contributed by atoms with Crippen molar-refractivity contribution in [1.29, 1.82) is 0 Å². The van der Waals surface area contributed by atoms with Crippen LogP contribution in [0.1, 0.15) is 9.75 Å². The van der Waals surface area contributed by atoms with Crippen LogP contribution in [0.15, 0.2) is 63.2 Å². The Hall–Kier alpha value is -1.95. The third kappa shape index (κ3) is 2.59. The molecule has 22 heavy (non-hydrogen) atoms. The first-order valence-electron chi connectivity index (χ1n) is 6.61. The number of rotatable bonds is 2. The fourth-order valence-corrected chi connectivity index (χ4v) is 3.65. The van der Waals surface area contributed by atoms with E-state index in [-0.39, 0.29) is 0 Å². The van der Waals surface area contributed by atoms with Crippen molar-refractivity contribution >= 4 is 57.3 Å². The van der Waals surface area contributed by atoms with Gasteiger partial charge in [-0.3, -0.25) is 0 Å². The van der Waals surface area contributed by atoms with Crippen LogP contribution in [0, 0.1) is 0 Å². The summed E-state index contributed by atoms with van der Waals surface area (Å²) < 4.78 is 0. The van der Waals surface area contributed by atoms with Crippen LogP contribution in [0.5, 0.6) is 0 Å². The second-order valence-corrected chi connectivity index (χ2v) is 6.97. The Morgan fingerprint density at radius 2 is 1.68 bits per heavy atom. The summed E-state index contributed by atoms with van der Waals surface area (Å²) in [6.45, 7) is 0. The van der Waals surface area contributed by atoms with Gasteiger partial charge in [0, 0.05) is 5.02 Å². The molecule has 0 bridgehead atoms. The van der Waals surface area contributed by atoms with E-state index in [1.54, 1.807) is 22.7 Å². The molecule has 3 heterocycles. The van der Waals surface area contributed by atoms with Gasteiger partial charge in [0.15, 0.2) is 5.84 Å². The predicted molar refractivity (Wildman–Crippen MR) is 96.4 cm³/mol. The Kier molecular flexibility index (Phi) is 3.54. The maximum atomic E-state index is 6.11. The summed E-state index contributed by atoms with van der Waals surface area (Å²) in [5, 5.41) is 8.09. The van der Waals surface area contributed by atoms with Crippen LogP contribution in [-0.2, 0) is 0 Å². The van der Waals surface area contributed by atoms with Crippen molar-refractivity contribution in [2.24, 2.45) is 9.98 Å². The first kappa shape index (κ1) is 13.7. The molecule has 0 unspecified atom stereocenters. The number of hydrogen-bond donors (Lipinski definition) is 1. The van der Waals surface area contributed by atoms with Gasteiger partial charge >= 0.3 is 0 Å². The molecule has 2 aromatic heterocycles. The summed E-state index contributed by atoms with van der Waals surface area (Å²) in [7, 11) is 0. The van der Waals surface area contributed by atoms with E-state index in [0.717, 1.165) is 27.0 Å². The molecule has 0 aliphatic carbocycles. The van der Waals surface area contributed by atoms with E-state index in [2.05, 4.69) is 5.32 Å². The minimum absolute atomic E-state index is 0.673. The molecule has 1 aliphatic heterocycles. The predicted octanol–water partition coefficient (Wildman–Crippen LogP) is 5.41. The van der Waals surface area contributed by atoms with Crippen LogP contribution in [0.4, 0.5) is 11.4 Å². The van der Waals surface area contributed by atoms with Crippen LogP contribution in [-0.4, -0.2) is 11.7 Å². The Bertz CT molecular complexity index is 865. The van der Waals surface area contributed by atoms with Gasteiger partial charge in [-0.1, -0.05) is 23.7 Å². The van der Waals surface area contributed by atoms with Crippen LogP contribution in [0.25, 0.3) is 0 Å². The zero-order chi connectivity index (χ0) is 14.9. The van der Waals surface area contributed by atoms with Crippen molar-refractivity contribution in [2.45, 2.75) is 0 Å². The van der Waals surface area contributed by atoms with Crippen molar-refractivity contribution in [2.75, 3.05) is 5.32 Å². The average Bonchev–Trinajstić information content (AvgIpc) is 3.18. The third-order valence-electron chi connectivity index (χ3n) is 3.15. The van der Waals surface area contributed by atoms with Crippen molar-refractivity contribution < 1.29 is 0 Å². The molecule has 0 spiro atoms. The van der Waals surface area contributed by atoms with Gasteiger partial charge in [-0.25, -0.2) is 9.98 Å². The van der Waals surface area contributed by atoms with E-state index in [4.69, 9.17) is 21.6 Å². The maximum Gasteiger partial charge on any atom is 0.172 e. The number of fused-ring (bicyclic) bond motifs is 1. The Balaban J connectivity index is 1.90. The largest absolute Gasteiger partial charge is 0.337 e. The lowest BCUT2D eigenvalue weighted by atomic mass is 10.2. The molecule has 0 radical (unpaired) electrons. The number of thiophene rings is 2. The summed E-state index contributed by atoms with van der Waals surface area (Å²) in [5.41, 5.74) is 1.70. The summed E-state index contributed by atoms with van der Waals surface area (Å²) in [6, 6.07) is 13.7. The van der Waals surface area contributed by atoms with Crippen LogP contribution in [0.3, 0.4) is 0 Å². The third-order valence-corrected chi connectivity index (χ3v) is 5.13. The lowest BCUT2D eigenvalue weighted by Gasteiger charge is -2.08. The highest BCUT2D eigenvalue weighted by molar-refractivity contribution is 7.12. The minimum atomic E-state index is 0.673. The molecule has 0 saturated carbocycles. The lowest BCUT2D eigenvalue weighted by Crippen LogP contribution is -2.13. The molecular weight excluding hydrogens is 334 g/mol. The highest BCUT2D eigenvalue weighted by Crippen LogP contribution is 2.32. The molecule has 3 aromatic rings. The number of anilines is 1. The fourth-order valence-electron chi connectivity index (χ4n) is 2.15. The molecule has 0 saturated heterocycles. The molecule has 3 nitrogen and oxygen atoms in total. The Labute approximate surface area is 140 Å². The van der Waals surface area contributed by atoms with Gasteiger partial charge in [0.2, 0.25) is 0 Å². The Morgan fingerprint density at radius 3 is 2.41 bits per heavy atom. The zero-order valence-corrected chi connectivity index (χ0v) is 13.7. The molecule has 1 aliphatic rings. The van der Waals surface area contributed by atoms with Gasteiger partial charge < -0.3 is 5.32 Å². The summed E-state index contributed by atoms with van der Waals surface area (Å²) in [4.78, 5) is 11.6. The Morgan fingerprint density at radius 1 is 0.909 bits per heavy atom. The molecular formula is C16H10ClN3S2. The van der Waals surface area contributed by atoms with E-state index in [9.17, 15) is 0 Å². The summed E-state index contributed by atoms with van der Waals surface area (Å²) >= 11 is 9.38. The topological polar surface area (TPSA) is 36.8 Å². The first-order chi connectivity index (χ1) is 10.8. The summed E-state index contributed by atoms with van der Waals surface area (Å²) in [6.07, 6.45) is 0. The zero-order valence-electron chi connectivity index (χ0n) is 11.3. The highest BCUT2D eigenvalue weighted by atomic mass is 35.5. The fraction of sp³-hybridized carbons (Fsp3) is 0. The van der Waals surface area contributed by atoms with E-state index in [1.165, 1.54) is 0 Å². The number of aliphatic imine (C=N–C) groups is 2. The number of amidine groups is 2. The standard InChI is InChI=1S/C16H10ClN3S2/c17-10-5-6-11-12(9-10)19-16(14-4-2-8-22-14)20-15(18-11)13-3-1-7-21-13/h1-9H,(H,18,19,20). The SMILES string of the molecule is Clc1ccc2c(c1)NC(c1cccs1)=NC(c1cccs1)=N2. The monoisotopic (exact) mass is 343 g/mol. The van der Waals surface area contributed by atoms with Crippen molar-refractivity contribution in [1.82, 2.24) is 0 Å². The van der Waals surface area contributed by atoms with Gasteiger partial charge in [-0.2, -0.15) is 0 Å². The molecule has 0 fully saturated rings. The van der Waals surface area contributed by atoms with Gasteiger partial charge in [0.05, 0.1) is 21.1 Å². The van der Waals surface area contributed by atoms with Crippen molar-refractivity contribution in [3.8, 4) is 0 Å². The summed E-state index contributed by atoms with van der Waals surface area (Å²) in [5.74, 6) is 1.51. The molecule has 1 N–H and O–H groups in total. The quantitative estimate of drug-likeness (QED) is 0.663. The molecule has 1 aromatic carbocycles. The molecule has 108 valence electrons.